The Balaban J connectivity index is 1.93. The fourth-order valence-electron chi connectivity index (χ4n) is 3.03. The highest BCUT2D eigenvalue weighted by atomic mass is 35.5. The highest BCUT2D eigenvalue weighted by Gasteiger charge is 2.39. The number of hydrogen-bond acceptors (Lipinski definition) is 5. The largest absolute Gasteiger partial charge is 0.494 e. The molecule has 0 N–H and O–H groups in total. The summed E-state index contributed by atoms with van der Waals surface area (Å²) in [7, 11) is 1.60. The maximum Gasteiger partial charge on any atom is 0.268 e. The van der Waals surface area contributed by atoms with E-state index in [2.05, 4.69) is 0 Å². The van der Waals surface area contributed by atoms with Crippen LogP contribution in [0.1, 0.15) is 25.3 Å². The van der Waals surface area contributed by atoms with Gasteiger partial charge in [-0.25, -0.2) is 0 Å². The van der Waals surface area contributed by atoms with Gasteiger partial charge in [0.1, 0.15) is 5.75 Å². The zero-order valence-corrected chi connectivity index (χ0v) is 18.6. The molecule has 0 saturated heterocycles. The third-order valence-corrected chi connectivity index (χ3v) is 5.85. The van der Waals surface area contributed by atoms with E-state index in [0.29, 0.717) is 47.2 Å². The van der Waals surface area contributed by atoms with E-state index in [-0.39, 0.29) is 11.8 Å². The molecule has 0 unspecified atom stereocenters. The van der Waals surface area contributed by atoms with Gasteiger partial charge in [0.25, 0.3) is 11.8 Å². The van der Waals surface area contributed by atoms with Gasteiger partial charge in [-0.2, -0.15) is 0 Å². The molecule has 3 rings (SSSR count). The summed E-state index contributed by atoms with van der Waals surface area (Å²) in [6.45, 7) is 3.47. The molecule has 1 aliphatic rings. The maximum atomic E-state index is 13.2. The lowest BCUT2D eigenvalue weighted by molar-refractivity contribution is -0.136. The van der Waals surface area contributed by atoms with E-state index in [9.17, 15) is 9.59 Å². The molecule has 30 heavy (non-hydrogen) atoms. The van der Waals surface area contributed by atoms with Crippen molar-refractivity contribution in [1.29, 1.82) is 0 Å². The Bertz CT molecular complexity index is 925. The average molecular weight is 446 g/mol. The van der Waals surface area contributed by atoms with Crippen LogP contribution in [0.15, 0.2) is 58.3 Å². The summed E-state index contributed by atoms with van der Waals surface area (Å²) in [5.41, 5.74) is 1.11. The number of amides is 2. The first-order valence-electron chi connectivity index (χ1n) is 9.81. The fourth-order valence-corrected chi connectivity index (χ4v) is 4.17. The molecule has 2 aromatic rings. The Labute approximate surface area is 186 Å². The second kappa shape index (κ2) is 10.7. The summed E-state index contributed by atoms with van der Waals surface area (Å²) in [5, 5.41) is 0.617. The topological polar surface area (TPSA) is 55.8 Å². The van der Waals surface area contributed by atoms with E-state index in [1.54, 1.807) is 19.2 Å². The molecule has 158 valence electrons. The Hall–Kier alpha value is -2.28. The van der Waals surface area contributed by atoms with Gasteiger partial charge in [-0.05, 0) is 54.8 Å². The number of rotatable bonds is 10. The van der Waals surface area contributed by atoms with Crippen molar-refractivity contribution in [2.24, 2.45) is 0 Å². The molecule has 2 aromatic carbocycles. The van der Waals surface area contributed by atoms with Crippen molar-refractivity contribution in [2.45, 2.75) is 24.7 Å². The van der Waals surface area contributed by atoms with Crippen molar-refractivity contribution in [1.82, 2.24) is 4.90 Å². The van der Waals surface area contributed by atoms with Crippen LogP contribution in [-0.2, 0) is 14.3 Å². The van der Waals surface area contributed by atoms with Gasteiger partial charge in [0.15, 0.2) is 0 Å². The zero-order valence-electron chi connectivity index (χ0n) is 17.0. The molecule has 0 spiro atoms. The van der Waals surface area contributed by atoms with Crippen molar-refractivity contribution in [3.05, 3.63) is 64.0 Å². The summed E-state index contributed by atoms with van der Waals surface area (Å²) >= 11 is 7.26. The standard InChI is InChI=1S/C23H24ClNO4S/c1-3-14-29-18-9-5-16(6-10-18)20-21(30-19-11-7-17(24)8-12-19)23(27)25(22(20)26)13-4-15-28-2/h5-12H,3-4,13-15H2,1-2H3. The lowest BCUT2D eigenvalue weighted by atomic mass is 10.1. The highest BCUT2D eigenvalue weighted by molar-refractivity contribution is 8.04. The number of thioether (sulfide) groups is 1. The minimum absolute atomic E-state index is 0.280. The van der Waals surface area contributed by atoms with Gasteiger partial charge in [0, 0.05) is 30.2 Å². The molecule has 1 heterocycles. The molecule has 2 amide bonds. The van der Waals surface area contributed by atoms with Gasteiger partial charge >= 0.3 is 0 Å². The lowest BCUT2D eigenvalue weighted by Gasteiger charge is -2.14. The molecule has 0 saturated carbocycles. The predicted octanol–water partition coefficient (Wildman–Crippen LogP) is 5.04. The van der Waals surface area contributed by atoms with Crippen molar-refractivity contribution in [3.63, 3.8) is 0 Å². The number of carbonyl (C=O) groups is 2. The molecule has 0 radical (unpaired) electrons. The van der Waals surface area contributed by atoms with Crippen LogP contribution in [0.2, 0.25) is 5.02 Å². The second-order valence-corrected chi connectivity index (χ2v) is 8.26. The van der Waals surface area contributed by atoms with Gasteiger partial charge in [0.05, 0.1) is 17.1 Å². The molecule has 0 atom stereocenters. The Kier molecular flexibility index (Phi) is 7.96. The number of ether oxygens (including phenoxy) is 2. The van der Waals surface area contributed by atoms with Crippen LogP contribution in [0.4, 0.5) is 0 Å². The molecule has 0 aliphatic carbocycles. The summed E-state index contributed by atoms with van der Waals surface area (Å²) in [4.78, 5) is 28.8. The van der Waals surface area contributed by atoms with Crippen LogP contribution in [0.5, 0.6) is 5.75 Å². The number of carbonyl (C=O) groups excluding carboxylic acids is 2. The smallest absolute Gasteiger partial charge is 0.268 e. The van der Waals surface area contributed by atoms with E-state index in [1.165, 1.54) is 16.7 Å². The van der Waals surface area contributed by atoms with Gasteiger partial charge in [-0.15, -0.1) is 0 Å². The predicted molar refractivity (Wildman–Crippen MR) is 120 cm³/mol. The zero-order chi connectivity index (χ0) is 21.5. The summed E-state index contributed by atoms with van der Waals surface area (Å²) in [5.74, 6) is 0.175. The number of methoxy groups -OCH3 is 1. The molecule has 0 aromatic heterocycles. The van der Waals surface area contributed by atoms with Crippen LogP contribution in [0.3, 0.4) is 0 Å². The van der Waals surface area contributed by atoms with Crippen molar-refractivity contribution in [2.75, 3.05) is 26.9 Å². The average Bonchev–Trinajstić information content (AvgIpc) is 2.98. The van der Waals surface area contributed by atoms with Crippen LogP contribution >= 0.6 is 23.4 Å². The molecule has 1 aliphatic heterocycles. The first kappa shape index (κ1) is 22.4. The lowest BCUT2D eigenvalue weighted by Crippen LogP contribution is -2.33. The SMILES string of the molecule is CCCOc1ccc(C2=C(Sc3ccc(Cl)cc3)C(=O)N(CCCOC)C2=O)cc1. The number of halogens is 1. The van der Waals surface area contributed by atoms with E-state index < -0.39 is 0 Å². The fraction of sp³-hybridized carbons (Fsp3) is 0.304. The van der Waals surface area contributed by atoms with Crippen LogP contribution in [0.25, 0.3) is 5.57 Å². The monoisotopic (exact) mass is 445 g/mol. The van der Waals surface area contributed by atoms with E-state index >= 15 is 0 Å². The molecule has 0 bridgehead atoms. The maximum absolute atomic E-state index is 13.2. The van der Waals surface area contributed by atoms with Crippen LogP contribution in [0, 0.1) is 0 Å². The van der Waals surface area contributed by atoms with Crippen molar-refractivity contribution in [3.8, 4) is 5.75 Å². The van der Waals surface area contributed by atoms with Crippen LogP contribution < -0.4 is 4.74 Å². The normalized spacial score (nSPS) is 14.0. The minimum atomic E-state index is -0.283. The number of benzene rings is 2. The number of nitrogens with zero attached hydrogens (tertiary/aromatic N) is 1. The number of hydrogen-bond donors (Lipinski definition) is 0. The molecular formula is C23H24ClNO4S. The van der Waals surface area contributed by atoms with Crippen LogP contribution in [-0.4, -0.2) is 43.6 Å². The molecular weight excluding hydrogens is 422 g/mol. The quantitative estimate of drug-likeness (QED) is 0.379. The van der Waals surface area contributed by atoms with Gasteiger partial charge in [-0.3, -0.25) is 14.5 Å². The molecule has 7 heteroatoms. The van der Waals surface area contributed by atoms with E-state index in [0.717, 1.165) is 17.1 Å². The third-order valence-electron chi connectivity index (χ3n) is 4.51. The highest BCUT2D eigenvalue weighted by Crippen LogP contribution is 2.40. The Morgan fingerprint density at radius 1 is 0.967 bits per heavy atom. The van der Waals surface area contributed by atoms with Gasteiger partial charge in [0.2, 0.25) is 0 Å². The minimum Gasteiger partial charge on any atom is -0.494 e. The van der Waals surface area contributed by atoms with Crippen molar-refractivity contribution >= 4 is 40.8 Å². The van der Waals surface area contributed by atoms with E-state index in [4.69, 9.17) is 21.1 Å². The first-order valence-corrected chi connectivity index (χ1v) is 11.0. The third kappa shape index (κ3) is 5.25. The summed E-state index contributed by atoms with van der Waals surface area (Å²) < 4.78 is 10.7. The Morgan fingerprint density at radius 2 is 1.67 bits per heavy atom. The molecule has 5 nitrogen and oxygen atoms in total. The second-order valence-electron chi connectivity index (χ2n) is 6.74. The Morgan fingerprint density at radius 3 is 2.30 bits per heavy atom. The summed E-state index contributed by atoms with van der Waals surface area (Å²) in [6, 6.07) is 14.5. The van der Waals surface area contributed by atoms with Crippen molar-refractivity contribution < 1.29 is 19.1 Å². The van der Waals surface area contributed by atoms with Gasteiger partial charge in [-0.1, -0.05) is 42.4 Å². The van der Waals surface area contributed by atoms with Gasteiger partial charge < -0.3 is 9.47 Å². The first-order chi connectivity index (χ1) is 14.5. The molecule has 0 fully saturated rings. The van der Waals surface area contributed by atoms with E-state index in [1.807, 2.05) is 43.3 Å². The number of imide groups is 1. The summed E-state index contributed by atoms with van der Waals surface area (Å²) in [6.07, 6.45) is 1.50.